The summed E-state index contributed by atoms with van der Waals surface area (Å²) in [6.45, 7) is 8.40. The van der Waals surface area contributed by atoms with Crippen molar-refractivity contribution in [3.05, 3.63) is 59.9 Å². The summed E-state index contributed by atoms with van der Waals surface area (Å²) < 4.78 is 0. The van der Waals surface area contributed by atoms with Gasteiger partial charge >= 0.3 is 6.03 Å². The summed E-state index contributed by atoms with van der Waals surface area (Å²) >= 11 is 0. The van der Waals surface area contributed by atoms with Gasteiger partial charge in [-0.1, -0.05) is 37.3 Å². The lowest BCUT2D eigenvalue weighted by Crippen LogP contribution is -2.42. The molecule has 1 aliphatic rings. The third-order valence-electron chi connectivity index (χ3n) is 5.34. The molecular formula is C22H30N4O. The summed E-state index contributed by atoms with van der Waals surface area (Å²) in [5.41, 5.74) is 3.74. The second-order valence-corrected chi connectivity index (χ2v) is 7.32. The van der Waals surface area contributed by atoms with Crippen LogP contribution in [0, 0.1) is 6.92 Å². The fourth-order valence-corrected chi connectivity index (χ4v) is 3.64. The molecule has 0 saturated carbocycles. The van der Waals surface area contributed by atoms with Gasteiger partial charge in [0.25, 0.3) is 0 Å². The van der Waals surface area contributed by atoms with Crippen LogP contribution >= 0.6 is 0 Å². The zero-order valence-corrected chi connectivity index (χ0v) is 16.4. The number of aromatic nitrogens is 1. The van der Waals surface area contributed by atoms with E-state index in [1.807, 2.05) is 23.4 Å². The van der Waals surface area contributed by atoms with Crippen molar-refractivity contribution in [3.8, 4) is 0 Å². The van der Waals surface area contributed by atoms with E-state index in [-0.39, 0.29) is 6.03 Å². The van der Waals surface area contributed by atoms with Crippen LogP contribution in [-0.2, 0) is 0 Å². The molecule has 1 aromatic carbocycles. The smallest absolute Gasteiger partial charge is 0.317 e. The first-order valence-corrected chi connectivity index (χ1v) is 9.88. The first-order valence-electron chi connectivity index (χ1n) is 9.88. The fraction of sp³-hybridized carbons (Fsp3) is 0.455. The highest BCUT2D eigenvalue weighted by molar-refractivity contribution is 5.74. The molecular weight excluding hydrogens is 336 g/mol. The van der Waals surface area contributed by atoms with Crippen molar-refractivity contribution in [1.82, 2.24) is 15.2 Å². The first kappa shape index (κ1) is 19.2. The van der Waals surface area contributed by atoms with Crippen molar-refractivity contribution < 1.29 is 4.79 Å². The largest absolute Gasteiger partial charge is 0.369 e. The molecule has 1 aromatic heterocycles. The van der Waals surface area contributed by atoms with Crippen LogP contribution < -0.4 is 10.2 Å². The second-order valence-electron chi connectivity index (χ2n) is 7.32. The van der Waals surface area contributed by atoms with Crippen LogP contribution in [0.15, 0.2) is 48.8 Å². The van der Waals surface area contributed by atoms with Crippen molar-refractivity contribution in [2.24, 2.45) is 0 Å². The maximum absolute atomic E-state index is 12.6. The Hall–Kier alpha value is -2.56. The predicted octanol–water partition coefficient (Wildman–Crippen LogP) is 3.81. The Morgan fingerprint density at radius 3 is 2.74 bits per heavy atom. The molecule has 0 spiro atoms. The minimum atomic E-state index is 0.0589. The van der Waals surface area contributed by atoms with Gasteiger partial charge in [0.2, 0.25) is 0 Å². The lowest BCUT2D eigenvalue weighted by atomic mass is 9.98. The molecule has 2 amide bonds. The summed E-state index contributed by atoms with van der Waals surface area (Å²) in [5.74, 6) is 0.445. The van der Waals surface area contributed by atoms with Crippen LogP contribution in [0.4, 0.5) is 10.5 Å². The lowest BCUT2D eigenvalue weighted by molar-refractivity contribution is 0.201. The molecule has 2 aromatic rings. The molecule has 27 heavy (non-hydrogen) atoms. The van der Waals surface area contributed by atoms with E-state index in [1.165, 1.54) is 16.8 Å². The van der Waals surface area contributed by atoms with Crippen LogP contribution in [0.3, 0.4) is 0 Å². The molecule has 1 saturated heterocycles. The number of urea groups is 1. The van der Waals surface area contributed by atoms with Crippen molar-refractivity contribution in [2.75, 3.05) is 37.6 Å². The van der Waals surface area contributed by atoms with E-state index in [9.17, 15) is 4.79 Å². The molecule has 0 bridgehead atoms. The van der Waals surface area contributed by atoms with E-state index in [1.54, 1.807) is 0 Å². The zero-order valence-electron chi connectivity index (χ0n) is 16.4. The van der Waals surface area contributed by atoms with Gasteiger partial charge in [0.05, 0.1) is 0 Å². The monoisotopic (exact) mass is 366 g/mol. The number of anilines is 1. The standard InChI is InChI=1S/C22H30N4O/c1-18(20-7-4-3-5-8-20)9-12-24-22(27)26-14-6-13-25(15-16-26)21-10-11-23-17-19(21)2/h3-5,7-8,10-11,17-18H,6,9,12-16H2,1-2H3,(H,24,27). The minimum Gasteiger partial charge on any atom is -0.369 e. The normalized spacial score (nSPS) is 15.9. The molecule has 3 rings (SSSR count). The number of aryl methyl sites for hydroxylation is 1. The van der Waals surface area contributed by atoms with Crippen LogP contribution in [0.25, 0.3) is 0 Å². The summed E-state index contributed by atoms with van der Waals surface area (Å²) in [4.78, 5) is 21.1. The number of carbonyl (C=O) groups excluding carboxylic acids is 1. The molecule has 1 N–H and O–H groups in total. The molecule has 5 heteroatoms. The zero-order chi connectivity index (χ0) is 19.1. The van der Waals surface area contributed by atoms with Gasteiger partial charge in [-0.2, -0.15) is 0 Å². The predicted molar refractivity (Wildman–Crippen MR) is 110 cm³/mol. The Kier molecular flexibility index (Phi) is 6.69. The first-order chi connectivity index (χ1) is 13.1. The highest BCUT2D eigenvalue weighted by Gasteiger charge is 2.20. The molecule has 144 valence electrons. The maximum atomic E-state index is 12.6. The van der Waals surface area contributed by atoms with Crippen molar-refractivity contribution in [3.63, 3.8) is 0 Å². The van der Waals surface area contributed by atoms with E-state index in [0.717, 1.165) is 39.0 Å². The number of hydrogen-bond donors (Lipinski definition) is 1. The van der Waals surface area contributed by atoms with E-state index in [4.69, 9.17) is 0 Å². The van der Waals surface area contributed by atoms with Gasteiger partial charge < -0.3 is 15.1 Å². The minimum absolute atomic E-state index is 0.0589. The molecule has 0 aliphatic carbocycles. The molecule has 1 unspecified atom stereocenters. The molecule has 1 atom stereocenters. The average Bonchev–Trinajstić information content (AvgIpc) is 2.95. The van der Waals surface area contributed by atoms with Gasteiger partial charge in [-0.3, -0.25) is 4.98 Å². The topological polar surface area (TPSA) is 48.5 Å². The summed E-state index contributed by atoms with van der Waals surface area (Å²) in [5, 5.41) is 3.11. The van der Waals surface area contributed by atoms with Crippen LogP contribution in [0.5, 0.6) is 0 Å². The van der Waals surface area contributed by atoms with Gasteiger partial charge in [-0.05, 0) is 42.9 Å². The van der Waals surface area contributed by atoms with Crippen molar-refractivity contribution >= 4 is 11.7 Å². The maximum Gasteiger partial charge on any atom is 0.317 e. The highest BCUT2D eigenvalue weighted by Crippen LogP contribution is 2.20. The third kappa shape index (κ3) is 5.22. The lowest BCUT2D eigenvalue weighted by Gasteiger charge is -2.25. The summed E-state index contributed by atoms with van der Waals surface area (Å²) in [7, 11) is 0. The summed E-state index contributed by atoms with van der Waals surface area (Å²) in [6.07, 6.45) is 5.67. The number of rotatable bonds is 5. The van der Waals surface area contributed by atoms with E-state index < -0.39 is 0 Å². The molecule has 2 heterocycles. The number of nitrogens with zero attached hydrogens (tertiary/aromatic N) is 3. The third-order valence-corrected chi connectivity index (χ3v) is 5.34. The number of pyridine rings is 1. The number of nitrogens with one attached hydrogen (secondary N) is 1. The number of carbonyl (C=O) groups is 1. The van der Waals surface area contributed by atoms with Crippen LogP contribution in [0.2, 0.25) is 0 Å². The Bertz CT molecular complexity index is 734. The van der Waals surface area contributed by atoms with Gasteiger partial charge in [-0.15, -0.1) is 0 Å². The highest BCUT2D eigenvalue weighted by atomic mass is 16.2. The van der Waals surface area contributed by atoms with E-state index in [2.05, 4.69) is 59.4 Å². The van der Waals surface area contributed by atoms with Gasteiger partial charge in [0.15, 0.2) is 0 Å². The quantitative estimate of drug-likeness (QED) is 0.875. The van der Waals surface area contributed by atoms with Gasteiger partial charge in [0.1, 0.15) is 0 Å². The second kappa shape index (κ2) is 9.40. The van der Waals surface area contributed by atoms with Crippen LogP contribution in [0.1, 0.15) is 36.8 Å². The summed E-state index contributed by atoms with van der Waals surface area (Å²) in [6, 6.07) is 12.6. The van der Waals surface area contributed by atoms with E-state index in [0.29, 0.717) is 12.5 Å². The van der Waals surface area contributed by atoms with E-state index >= 15 is 0 Å². The molecule has 1 aliphatic heterocycles. The number of hydrogen-bond acceptors (Lipinski definition) is 3. The van der Waals surface area contributed by atoms with Gasteiger partial charge in [0, 0.05) is 50.8 Å². The van der Waals surface area contributed by atoms with Crippen LogP contribution in [-0.4, -0.2) is 48.6 Å². The SMILES string of the molecule is Cc1cnccc1N1CCCN(C(=O)NCCC(C)c2ccccc2)CC1. The Balaban J connectivity index is 1.46. The Morgan fingerprint density at radius 1 is 1.15 bits per heavy atom. The molecule has 5 nitrogen and oxygen atoms in total. The molecule has 1 fully saturated rings. The Morgan fingerprint density at radius 2 is 1.96 bits per heavy atom. The molecule has 0 radical (unpaired) electrons. The van der Waals surface area contributed by atoms with Crippen molar-refractivity contribution in [2.45, 2.75) is 32.6 Å². The Labute approximate surface area is 162 Å². The van der Waals surface area contributed by atoms with Crippen molar-refractivity contribution in [1.29, 1.82) is 0 Å². The average molecular weight is 367 g/mol. The fourth-order valence-electron chi connectivity index (χ4n) is 3.64. The number of amides is 2. The number of benzene rings is 1. The van der Waals surface area contributed by atoms with Gasteiger partial charge in [-0.25, -0.2) is 4.79 Å².